The smallest absolute Gasteiger partial charge is 0.238 e. The molecule has 31 heavy (non-hydrogen) atoms. The molecule has 1 saturated heterocycles. The van der Waals surface area contributed by atoms with Crippen molar-refractivity contribution in [3.63, 3.8) is 0 Å². The highest BCUT2D eigenvalue weighted by atomic mass is 32.2. The molecule has 9 heteroatoms. The fourth-order valence-electron chi connectivity index (χ4n) is 4.55. The van der Waals surface area contributed by atoms with E-state index in [0.29, 0.717) is 17.9 Å². The fourth-order valence-corrected chi connectivity index (χ4v) is 6.26. The van der Waals surface area contributed by atoms with Crippen LogP contribution in [0.15, 0.2) is 24.3 Å². The Labute approximate surface area is 184 Å². The first-order valence-corrected chi connectivity index (χ1v) is 12.7. The first-order valence-electron chi connectivity index (χ1n) is 10.9. The number of sulfone groups is 1. The predicted molar refractivity (Wildman–Crippen MR) is 120 cm³/mol. The second kappa shape index (κ2) is 10.5. The van der Waals surface area contributed by atoms with Crippen LogP contribution in [0.1, 0.15) is 38.5 Å². The van der Waals surface area contributed by atoms with Gasteiger partial charge in [0.1, 0.15) is 5.75 Å². The summed E-state index contributed by atoms with van der Waals surface area (Å²) in [4.78, 5) is 29.1. The van der Waals surface area contributed by atoms with E-state index in [1.54, 1.807) is 43.3 Å². The Hall–Kier alpha value is -2.13. The number of nitrogens with one attached hydrogen (secondary N) is 1. The molecule has 0 radical (unpaired) electrons. The summed E-state index contributed by atoms with van der Waals surface area (Å²) in [6, 6.07) is 6.89. The summed E-state index contributed by atoms with van der Waals surface area (Å²) in [6.45, 7) is 0.155. The van der Waals surface area contributed by atoms with Gasteiger partial charge < -0.3 is 15.0 Å². The fraction of sp³-hybridized carbons (Fsp3) is 0.636. The average molecular weight is 452 g/mol. The van der Waals surface area contributed by atoms with Gasteiger partial charge in [0.15, 0.2) is 9.84 Å². The van der Waals surface area contributed by atoms with E-state index in [2.05, 4.69) is 5.32 Å². The molecule has 1 saturated carbocycles. The lowest BCUT2D eigenvalue weighted by Gasteiger charge is -2.39. The molecule has 0 unspecified atom stereocenters. The minimum atomic E-state index is -3.08. The number of nitrogens with zero attached hydrogens (tertiary/aromatic N) is 2. The molecule has 1 aliphatic carbocycles. The van der Waals surface area contributed by atoms with Gasteiger partial charge in [-0.1, -0.05) is 19.3 Å². The highest BCUT2D eigenvalue weighted by Crippen LogP contribution is 2.28. The first-order chi connectivity index (χ1) is 14.8. The van der Waals surface area contributed by atoms with Gasteiger partial charge in [-0.05, 0) is 50.6 Å². The summed E-state index contributed by atoms with van der Waals surface area (Å²) >= 11 is 0. The topological polar surface area (TPSA) is 96.0 Å². The lowest BCUT2D eigenvalue weighted by molar-refractivity contribution is -0.137. The van der Waals surface area contributed by atoms with Crippen LogP contribution in [0.2, 0.25) is 0 Å². The Morgan fingerprint density at radius 2 is 1.71 bits per heavy atom. The Bertz CT molecular complexity index is 866. The highest BCUT2D eigenvalue weighted by Gasteiger charge is 2.38. The third-order valence-corrected chi connectivity index (χ3v) is 7.80. The molecule has 2 fully saturated rings. The van der Waals surface area contributed by atoms with Gasteiger partial charge in [0.25, 0.3) is 0 Å². The van der Waals surface area contributed by atoms with Crippen LogP contribution in [-0.4, -0.2) is 80.9 Å². The number of likely N-dealkylation sites (N-methyl/N-ethyl adjacent to an activating group) is 1. The molecule has 172 valence electrons. The van der Waals surface area contributed by atoms with Gasteiger partial charge in [-0.3, -0.25) is 14.5 Å². The second-order valence-electron chi connectivity index (χ2n) is 8.60. The zero-order chi connectivity index (χ0) is 22.4. The van der Waals surface area contributed by atoms with Gasteiger partial charge in [0.05, 0.1) is 31.7 Å². The quantitative estimate of drug-likeness (QED) is 0.649. The highest BCUT2D eigenvalue weighted by molar-refractivity contribution is 7.91. The third kappa shape index (κ3) is 6.67. The number of carbonyl (C=O) groups is 2. The number of benzene rings is 1. The van der Waals surface area contributed by atoms with Crippen LogP contribution in [-0.2, 0) is 19.4 Å². The molecule has 1 aromatic rings. The maximum atomic E-state index is 13.2. The van der Waals surface area contributed by atoms with Crippen LogP contribution in [0.5, 0.6) is 5.75 Å². The summed E-state index contributed by atoms with van der Waals surface area (Å²) in [5.74, 6) is 0.602. The van der Waals surface area contributed by atoms with E-state index in [1.165, 1.54) is 0 Å². The van der Waals surface area contributed by atoms with E-state index >= 15 is 0 Å². The van der Waals surface area contributed by atoms with Crippen molar-refractivity contribution >= 4 is 27.3 Å². The van der Waals surface area contributed by atoms with Gasteiger partial charge >= 0.3 is 0 Å². The molecule has 3 rings (SSSR count). The van der Waals surface area contributed by atoms with E-state index in [-0.39, 0.29) is 48.5 Å². The largest absolute Gasteiger partial charge is 0.497 e. The van der Waals surface area contributed by atoms with E-state index in [4.69, 9.17) is 4.74 Å². The zero-order valence-corrected chi connectivity index (χ0v) is 19.2. The van der Waals surface area contributed by atoms with Crippen LogP contribution >= 0.6 is 0 Å². The van der Waals surface area contributed by atoms with Crippen molar-refractivity contribution in [2.45, 2.75) is 50.6 Å². The SMILES string of the molecule is COc1ccc(NC(=O)CN(C)CC(=O)N(C2CCCCC2)[C@@H]2CCS(=O)(=O)C2)cc1. The molecule has 1 aromatic carbocycles. The van der Waals surface area contributed by atoms with Gasteiger partial charge in [-0.15, -0.1) is 0 Å². The summed E-state index contributed by atoms with van der Waals surface area (Å²) in [5, 5.41) is 2.82. The van der Waals surface area contributed by atoms with E-state index in [9.17, 15) is 18.0 Å². The lowest BCUT2D eigenvalue weighted by Crippen LogP contribution is -2.52. The van der Waals surface area contributed by atoms with Gasteiger partial charge in [0, 0.05) is 17.8 Å². The van der Waals surface area contributed by atoms with Crippen molar-refractivity contribution in [1.82, 2.24) is 9.80 Å². The van der Waals surface area contributed by atoms with Crippen molar-refractivity contribution in [2.24, 2.45) is 0 Å². The summed E-state index contributed by atoms with van der Waals surface area (Å²) in [7, 11) is 0.232. The van der Waals surface area contributed by atoms with Crippen LogP contribution in [0.25, 0.3) is 0 Å². The molecule has 2 aliphatic rings. The average Bonchev–Trinajstić information content (AvgIpc) is 3.08. The molecule has 1 N–H and O–H groups in total. The molecule has 1 aliphatic heterocycles. The maximum Gasteiger partial charge on any atom is 0.238 e. The normalized spacial score (nSPS) is 21.1. The summed E-state index contributed by atoms with van der Waals surface area (Å²) in [5.41, 5.74) is 0.658. The number of hydrogen-bond donors (Lipinski definition) is 1. The maximum absolute atomic E-state index is 13.2. The minimum absolute atomic E-state index is 0.0525. The monoisotopic (exact) mass is 451 g/mol. The van der Waals surface area contributed by atoms with Crippen LogP contribution in [0.4, 0.5) is 5.69 Å². The molecule has 0 bridgehead atoms. The van der Waals surface area contributed by atoms with Gasteiger partial charge in [0.2, 0.25) is 11.8 Å². The standard InChI is InChI=1S/C22H33N3O5S/c1-24(14-21(26)23-17-8-10-20(30-2)11-9-17)15-22(27)25(18-6-4-3-5-7-18)19-12-13-31(28,29)16-19/h8-11,18-19H,3-7,12-16H2,1-2H3,(H,23,26)/t19-/m1/s1. The van der Waals surface area contributed by atoms with E-state index < -0.39 is 9.84 Å². The van der Waals surface area contributed by atoms with E-state index in [0.717, 1.165) is 32.1 Å². The van der Waals surface area contributed by atoms with Gasteiger partial charge in [-0.2, -0.15) is 0 Å². The Morgan fingerprint density at radius 1 is 1.03 bits per heavy atom. The summed E-state index contributed by atoms with van der Waals surface area (Å²) < 4.78 is 29.2. The predicted octanol–water partition coefficient (Wildman–Crippen LogP) is 1.91. The van der Waals surface area contributed by atoms with Crippen molar-refractivity contribution in [1.29, 1.82) is 0 Å². The molecular weight excluding hydrogens is 418 g/mol. The Kier molecular flexibility index (Phi) is 7.94. The van der Waals surface area contributed by atoms with Crippen molar-refractivity contribution < 1.29 is 22.7 Å². The Balaban J connectivity index is 1.58. The van der Waals surface area contributed by atoms with Gasteiger partial charge in [-0.25, -0.2) is 8.42 Å². The molecule has 2 amide bonds. The van der Waals surface area contributed by atoms with Crippen molar-refractivity contribution in [3.8, 4) is 5.75 Å². The molecule has 8 nitrogen and oxygen atoms in total. The number of hydrogen-bond acceptors (Lipinski definition) is 6. The molecule has 1 atom stereocenters. The van der Waals surface area contributed by atoms with Crippen molar-refractivity contribution in [3.05, 3.63) is 24.3 Å². The lowest BCUT2D eigenvalue weighted by atomic mass is 9.93. The Morgan fingerprint density at radius 3 is 2.29 bits per heavy atom. The zero-order valence-electron chi connectivity index (χ0n) is 18.4. The summed E-state index contributed by atoms with van der Waals surface area (Å²) in [6.07, 6.45) is 5.63. The molecule has 0 spiro atoms. The number of anilines is 1. The first kappa shape index (κ1) is 23.5. The van der Waals surface area contributed by atoms with Crippen LogP contribution in [0.3, 0.4) is 0 Å². The minimum Gasteiger partial charge on any atom is -0.497 e. The number of methoxy groups -OCH3 is 1. The molecular formula is C22H33N3O5S. The van der Waals surface area contributed by atoms with Crippen molar-refractivity contribution in [2.75, 3.05) is 44.1 Å². The second-order valence-corrected chi connectivity index (χ2v) is 10.8. The number of rotatable bonds is 8. The molecule has 0 aromatic heterocycles. The number of amides is 2. The molecule has 1 heterocycles. The van der Waals surface area contributed by atoms with Crippen LogP contribution < -0.4 is 10.1 Å². The number of carbonyl (C=O) groups excluding carboxylic acids is 2. The third-order valence-electron chi connectivity index (χ3n) is 6.05. The van der Waals surface area contributed by atoms with E-state index in [1.807, 2.05) is 4.90 Å². The number of ether oxygens (including phenoxy) is 1. The van der Waals surface area contributed by atoms with Crippen LogP contribution in [0, 0.1) is 0 Å².